The highest BCUT2D eigenvalue weighted by Gasteiger charge is 2.27. The molecule has 118 valence electrons. The van der Waals surface area contributed by atoms with Crippen molar-refractivity contribution in [3.8, 4) is 0 Å². The lowest BCUT2D eigenvalue weighted by atomic mass is 9.99. The zero-order chi connectivity index (χ0) is 15.3. The van der Waals surface area contributed by atoms with Gasteiger partial charge in [0.1, 0.15) is 9.84 Å². The molecule has 1 aromatic rings. The molecule has 0 fully saturated rings. The van der Waals surface area contributed by atoms with E-state index in [1.165, 1.54) is 23.8 Å². The number of hydrogen-bond acceptors (Lipinski definition) is 4. The zero-order valence-electron chi connectivity index (χ0n) is 12.8. The van der Waals surface area contributed by atoms with Crippen LogP contribution >= 0.6 is 11.8 Å². The van der Waals surface area contributed by atoms with Gasteiger partial charge in [-0.15, -0.1) is 0 Å². The fourth-order valence-electron chi connectivity index (χ4n) is 2.92. The normalized spacial score (nSPS) is 22.6. The molecule has 1 aliphatic carbocycles. The molecule has 2 atom stereocenters. The maximum Gasteiger partial charge on any atom is 0.148 e. The molecule has 0 bridgehead atoms. The molecular weight excluding hydrogens is 302 g/mol. The van der Waals surface area contributed by atoms with Crippen molar-refractivity contribution in [3.05, 3.63) is 35.4 Å². The van der Waals surface area contributed by atoms with Crippen molar-refractivity contribution in [2.45, 2.75) is 37.5 Å². The second kappa shape index (κ2) is 7.65. The zero-order valence-corrected chi connectivity index (χ0v) is 14.5. The Labute approximate surface area is 132 Å². The third-order valence-corrected chi connectivity index (χ3v) is 6.49. The third-order valence-electron chi connectivity index (χ3n) is 3.91. The molecule has 0 radical (unpaired) electrons. The van der Waals surface area contributed by atoms with Gasteiger partial charge in [-0.05, 0) is 36.9 Å². The van der Waals surface area contributed by atoms with Crippen LogP contribution in [0.25, 0.3) is 0 Å². The molecule has 0 saturated heterocycles. The number of fused-ring (bicyclic) bond motifs is 1. The average molecular weight is 328 g/mol. The highest BCUT2D eigenvalue weighted by Crippen LogP contribution is 2.35. The number of thioether (sulfide) groups is 1. The molecule has 21 heavy (non-hydrogen) atoms. The predicted octanol–water partition coefficient (Wildman–Crippen LogP) is 2.82. The van der Waals surface area contributed by atoms with Crippen molar-refractivity contribution in [1.82, 2.24) is 5.32 Å². The number of rotatable bonds is 6. The van der Waals surface area contributed by atoms with Crippen LogP contribution in [-0.2, 0) is 16.3 Å². The van der Waals surface area contributed by atoms with E-state index in [4.69, 9.17) is 0 Å². The van der Waals surface area contributed by atoms with Crippen LogP contribution in [-0.4, -0.2) is 38.0 Å². The Hall–Kier alpha value is -0.520. The van der Waals surface area contributed by atoms with E-state index in [1.807, 2.05) is 11.8 Å². The monoisotopic (exact) mass is 327 g/mol. The molecule has 0 amide bonds. The quantitative estimate of drug-likeness (QED) is 0.816. The van der Waals surface area contributed by atoms with Crippen LogP contribution in [0.1, 0.15) is 36.9 Å². The lowest BCUT2D eigenvalue weighted by Crippen LogP contribution is -2.30. The third kappa shape index (κ3) is 5.01. The van der Waals surface area contributed by atoms with E-state index >= 15 is 0 Å². The molecule has 2 rings (SSSR count). The van der Waals surface area contributed by atoms with Crippen LogP contribution in [0.5, 0.6) is 0 Å². The van der Waals surface area contributed by atoms with Crippen LogP contribution in [0.4, 0.5) is 0 Å². The van der Waals surface area contributed by atoms with E-state index in [0.29, 0.717) is 17.0 Å². The summed E-state index contributed by atoms with van der Waals surface area (Å²) in [5.41, 5.74) is 2.84. The van der Waals surface area contributed by atoms with E-state index < -0.39 is 9.84 Å². The number of nitrogens with one attached hydrogen (secondary N) is 1. The summed E-state index contributed by atoms with van der Waals surface area (Å²) in [6, 6.07) is 8.99. The van der Waals surface area contributed by atoms with Crippen LogP contribution in [0, 0.1) is 0 Å². The van der Waals surface area contributed by atoms with Gasteiger partial charge in [-0.1, -0.05) is 31.2 Å². The van der Waals surface area contributed by atoms with E-state index in [9.17, 15) is 8.42 Å². The number of benzene rings is 1. The highest BCUT2D eigenvalue weighted by molar-refractivity contribution is 8.01. The van der Waals surface area contributed by atoms with Gasteiger partial charge in [0.2, 0.25) is 0 Å². The maximum absolute atomic E-state index is 11.3. The lowest BCUT2D eigenvalue weighted by molar-refractivity contribution is 0.517. The van der Waals surface area contributed by atoms with Gasteiger partial charge in [-0.25, -0.2) is 8.42 Å². The van der Waals surface area contributed by atoms with Crippen molar-refractivity contribution in [3.63, 3.8) is 0 Å². The van der Waals surface area contributed by atoms with Gasteiger partial charge in [0.15, 0.2) is 0 Å². The standard InChI is InChI=1S/C16H25NO2S2/c1-3-17-16-14-9-5-4-7-13(14)8-6-10-15(16)20-11-12-21(2,18)19/h4-5,7,9,15-17H,3,6,8,10-12H2,1-2H3. The number of hydrogen-bond donors (Lipinski definition) is 1. The van der Waals surface area contributed by atoms with Gasteiger partial charge in [0.05, 0.1) is 5.75 Å². The van der Waals surface area contributed by atoms with E-state index in [2.05, 4.69) is 36.5 Å². The van der Waals surface area contributed by atoms with E-state index in [1.54, 1.807) is 0 Å². The largest absolute Gasteiger partial charge is 0.309 e. The minimum Gasteiger partial charge on any atom is -0.309 e. The Bertz CT molecular complexity index is 557. The van der Waals surface area contributed by atoms with Crippen molar-refractivity contribution in [1.29, 1.82) is 0 Å². The van der Waals surface area contributed by atoms with Gasteiger partial charge in [-0.3, -0.25) is 0 Å². The molecular formula is C16H25NO2S2. The molecule has 0 aromatic heterocycles. The molecule has 0 spiro atoms. The second-order valence-electron chi connectivity index (χ2n) is 5.67. The lowest BCUT2D eigenvalue weighted by Gasteiger charge is -2.27. The fourth-order valence-corrected chi connectivity index (χ4v) is 5.58. The summed E-state index contributed by atoms with van der Waals surface area (Å²) in [6.45, 7) is 3.06. The summed E-state index contributed by atoms with van der Waals surface area (Å²) in [6.07, 6.45) is 4.76. The smallest absolute Gasteiger partial charge is 0.148 e. The van der Waals surface area contributed by atoms with Crippen LogP contribution in [0.15, 0.2) is 24.3 Å². The Morgan fingerprint density at radius 3 is 2.81 bits per heavy atom. The number of aryl methyl sites for hydroxylation is 1. The topological polar surface area (TPSA) is 46.2 Å². The van der Waals surface area contributed by atoms with Crippen molar-refractivity contribution in [2.75, 3.05) is 24.3 Å². The second-order valence-corrected chi connectivity index (χ2v) is 9.27. The molecule has 0 heterocycles. The van der Waals surface area contributed by atoms with Gasteiger partial charge < -0.3 is 5.32 Å². The van der Waals surface area contributed by atoms with Crippen molar-refractivity contribution in [2.24, 2.45) is 0 Å². The molecule has 0 saturated carbocycles. The van der Waals surface area contributed by atoms with Gasteiger partial charge in [0.25, 0.3) is 0 Å². The first-order valence-corrected chi connectivity index (χ1v) is 10.7. The molecule has 1 N–H and O–H groups in total. The summed E-state index contributed by atoms with van der Waals surface area (Å²) < 4.78 is 22.6. The van der Waals surface area contributed by atoms with Gasteiger partial charge in [0, 0.05) is 23.3 Å². The Morgan fingerprint density at radius 2 is 2.10 bits per heavy atom. The average Bonchev–Trinajstić information content (AvgIpc) is 2.59. The predicted molar refractivity (Wildman–Crippen MR) is 91.8 cm³/mol. The highest BCUT2D eigenvalue weighted by atomic mass is 32.2. The minimum atomic E-state index is -2.87. The molecule has 3 nitrogen and oxygen atoms in total. The molecule has 2 unspecified atom stereocenters. The first-order valence-electron chi connectivity index (χ1n) is 7.62. The molecule has 0 aliphatic heterocycles. The fraction of sp³-hybridized carbons (Fsp3) is 0.625. The molecule has 1 aliphatic rings. The van der Waals surface area contributed by atoms with E-state index in [-0.39, 0.29) is 5.75 Å². The first-order chi connectivity index (χ1) is 10.0. The van der Waals surface area contributed by atoms with Gasteiger partial charge >= 0.3 is 0 Å². The summed E-state index contributed by atoms with van der Waals surface area (Å²) in [5, 5.41) is 4.06. The van der Waals surface area contributed by atoms with Gasteiger partial charge in [-0.2, -0.15) is 11.8 Å². The Morgan fingerprint density at radius 1 is 1.33 bits per heavy atom. The summed E-state index contributed by atoms with van der Waals surface area (Å²) >= 11 is 1.81. The Kier molecular flexibility index (Phi) is 6.14. The van der Waals surface area contributed by atoms with Crippen molar-refractivity contribution < 1.29 is 8.42 Å². The summed E-state index contributed by atoms with van der Waals surface area (Å²) in [7, 11) is -2.87. The Balaban J connectivity index is 2.12. The van der Waals surface area contributed by atoms with E-state index in [0.717, 1.165) is 19.4 Å². The minimum absolute atomic E-state index is 0.272. The summed E-state index contributed by atoms with van der Waals surface area (Å²) in [5.74, 6) is 0.961. The van der Waals surface area contributed by atoms with Crippen LogP contribution < -0.4 is 5.32 Å². The SMILES string of the molecule is CCNC1c2ccccc2CCCC1SCCS(C)(=O)=O. The summed E-state index contributed by atoms with van der Waals surface area (Å²) in [4.78, 5) is 0. The molecule has 1 aromatic carbocycles. The number of sulfone groups is 1. The van der Waals surface area contributed by atoms with Crippen LogP contribution in [0.2, 0.25) is 0 Å². The van der Waals surface area contributed by atoms with Crippen LogP contribution in [0.3, 0.4) is 0 Å². The molecule has 5 heteroatoms. The van der Waals surface area contributed by atoms with Crippen molar-refractivity contribution >= 4 is 21.6 Å². The maximum atomic E-state index is 11.3. The first kappa shape index (κ1) is 16.8.